The minimum atomic E-state index is -3.46. The van der Waals surface area contributed by atoms with Crippen molar-refractivity contribution in [1.82, 2.24) is 5.32 Å². The van der Waals surface area contributed by atoms with Crippen LogP contribution in [0.2, 0.25) is 0 Å². The number of nitrogens with one attached hydrogen (secondary N) is 1. The van der Waals surface area contributed by atoms with Crippen molar-refractivity contribution in [2.75, 3.05) is 12.3 Å². The number of primary sulfonamides is 1. The minimum Gasteiger partial charge on any atom is -0.355 e. The zero-order valence-electron chi connectivity index (χ0n) is 7.75. The summed E-state index contributed by atoms with van der Waals surface area (Å²) in [6, 6.07) is 0. The number of rotatable bonds is 6. The van der Waals surface area contributed by atoms with Gasteiger partial charge in [0.15, 0.2) is 0 Å². The third-order valence-electron chi connectivity index (χ3n) is 1.47. The fraction of sp³-hybridized carbons (Fsp3) is 0.857. The van der Waals surface area contributed by atoms with Crippen molar-refractivity contribution >= 4 is 15.9 Å². The molecule has 78 valence electrons. The van der Waals surface area contributed by atoms with Crippen molar-refractivity contribution in [3.63, 3.8) is 0 Å². The molecule has 0 rings (SSSR count). The van der Waals surface area contributed by atoms with Crippen LogP contribution in [0.5, 0.6) is 0 Å². The summed E-state index contributed by atoms with van der Waals surface area (Å²) in [6.45, 7) is 2.08. The number of carbonyl (C=O) groups excluding carboxylic acids is 1. The maximum absolute atomic E-state index is 10.9. The highest BCUT2D eigenvalue weighted by Crippen LogP contribution is 1.92. The van der Waals surface area contributed by atoms with Gasteiger partial charge < -0.3 is 5.32 Å². The summed E-state index contributed by atoms with van der Waals surface area (Å²) in [6.07, 6.45) is 2.21. The first kappa shape index (κ1) is 12.4. The second kappa shape index (κ2) is 5.93. The van der Waals surface area contributed by atoms with Gasteiger partial charge in [0.1, 0.15) is 0 Å². The van der Waals surface area contributed by atoms with Crippen LogP contribution in [0, 0.1) is 0 Å². The lowest BCUT2D eigenvalue weighted by molar-refractivity contribution is -0.121. The van der Waals surface area contributed by atoms with Crippen LogP contribution in [0.4, 0.5) is 0 Å². The molecule has 0 aliphatic rings. The summed E-state index contributed by atoms with van der Waals surface area (Å²) >= 11 is 0. The highest BCUT2D eigenvalue weighted by atomic mass is 32.2. The Morgan fingerprint density at radius 2 is 2.08 bits per heavy atom. The van der Waals surface area contributed by atoms with Gasteiger partial charge in [0, 0.05) is 13.0 Å². The quantitative estimate of drug-likeness (QED) is 0.621. The molecular formula is C7H16N2O3S. The van der Waals surface area contributed by atoms with Crippen LogP contribution in [0.15, 0.2) is 0 Å². The van der Waals surface area contributed by atoms with E-state index in [1.165, 1.54) is 0 Å². The van der Waals surface area contributed by atoms with Gasteiger partial charge in [0.25, 0.3) is 0 Å². The molecule has 0 unspecified atom stereocenters. The van der Waals surface area contributed by atoms with Crippen LogP contribution in [-0.4, -0.2) is 26.6 Å². The molecule has 0 bridgehead atoms. The number of carbonyl (C=O) groups is 1. The molecule has 0 atom stereocenters. The van der Waals surface area contributed by atoms with Crippen LogP contribution in [0.1, 0.15) is 26.2 Å². The maximum Gasteiger partial charge on any atom is 0.220 e. The number of hydrogen-bond acceptors (Lipinski definition) is 3. The lowest BCUT2D eigenvalue weighted by atomic mass is 10.2. The Morgan fingerprint density at radius 3 is 2.54 bits per heavy atom. The molecule has 5 nitrogen and oxygen atoms in total. The Hall–Kier alpha value is -0.620. The fourth-order valence-electron chi connectivity index (χ4n) is 0.758. The van der Waals surface area contributed by atoms with E-state index in [-0.39, 0.29) is 18.2 Å². The lowest BCUT2D eigenvalue weighted by Crippen LogP contribution is -2.31. The van der Waals surface area contributed by atoms with Gasteiger partial charge in [-0.2, -0.15) is 0 Å². The van der Waals surface area contributed by atoms with E-state index in [2.05, 4.69) is 5.32 Å². The highest BCUT2D eigenvalue weighted by Gasteiger charge is 2.04. The van der Waals surface area contributed by atoms with E-state index in [9.17, 15) is 13.2 Å². The Labute approximate surface area is 78.7 Å². The summed E-state index contributed by atoms with van der Waals surface area (Å²) in [5, 5.41) is 7.22. The molecule has 0 aliphatic carbocycles. The second-order valence-electron chi connectivity index (χ2n) is 2.82. The highest BCUT2D eigenvalue weighted by molar-refractivity contribution is 7.89. The van der Waals surface area contributed by atoms with E-state index in [0.29, 0.717) is 6.42 Å². The molecule has 6 heteroatoms. The molecule has 0 fully saturated rings. The largest absolute Gasteiger partial charge is 0.355 e. The number of unbranched alkanes of at least 4 members (excludes halogenated alkanes) is 1. The van der Waals surface area contributed by atoms with Crippen molar-refractivity contribution < 1.29 is 13.2 Å². The predicted molar refractivity (Wildman–Crippen MR) is 50.5 cm³/mol. The number of sulfonamides is 1. The van der Waals surface area contributed by atoms with Crippen molar-refractivity contribution in [3.05, 3.63) is 0 Å². The lowest BCUT2D eigenvalue weighted by Gasteiger charge is -2.02. The zero-order valence-corrected chi connectivity index (χ0v) is 8.56. The normalized spacial score (nSPS) is 11.2. The monoisotopic (exact) mass is 208 g/mol. The third-order valence-corrected chi connectivity index (χ3v) is 2.24. The Bertz CT molecular complexity index is 248. The second-order valence-corrected chi connectivity index (χ2v) is 4.55. The van der Waals surface area contributed by atoms with Gasteiger partial charge in [-0.25, -0.2) is 13.6 Å². The molecule has 0 heterocycles. The van der Waals surface area contributed by atoms with Crippen molar-refractivity contribution in [1.29, 1.82) is 0 Å². The molecule has 0 spiro atoms. The van der Waals surface area contributed by atoms with Gasteiger partial charge in [-0.15, -0.1) is 0 Å². The van der Waals surface area contributed by atoms with Crippen LogP contribution < -0.4 is 10.5 Å². The van der Waals surface area contributed by atoms with E-state index in [1.54, 1.807) is 0 Å². The summed E-state index contributed by atoms with van der Waals surface area (Å²) < 4.78 is 20.9. The molecule has 0 saturated carbocycles. The molecule has 0 radical (unpaired) electrons. The Kier molecular flexibility index (Phi) is 5.65. The van der Waals surface area contributed by atoms with Crippen molar-refractivity contribution in [2.45, 2.75) is 26.2 Å². The van der Waals surface area contributed by atoms with Gasteiger partial charge in [-0.1, -0.05) is 13.3 Å². The molecule has 0 aromatic carbocycles. The number of hydrogen-bond donors (Lipinski definition) is 2. The average Bonchev–Trinajstić information content (AvgIpc) is 1.98. The van der Waals surface area contributed by atoms with Gasteiger partial charge >= 0.3 is 0 Å². The molecule has 0 saturated heterocycles. The number of amides is 1. The smallest absolute Gasteiger partial charge is 0.220 e. The first-order valence-electron chi connectivity index (χ1n) is 4.23. The zero-order chi connectivity index (χ0) is 10.3. The fourth-order valence-corrected chi connectivity index (χ4v) is 1.15. The third kappa shape index (κ3) is 9.29. The molecule has 3 N–H and O–H groups in total. The van der Waals surface area contributed by atoms with Crippen molar-refractivity contribution in [3.8, 4) is 0 Å². The van der Waals surface area contributed by atoms with E-state index in [4.69, 9.17) is 5.14 Å². The van der Waals surface area contributed by atoms with E-state index >= 15 is 0 Å². The van der Waals surface area contributed by atoms with Crippen LogP contribution >= 0.6 is 0 Å². The summed E-state index contributed by atoms with van der Waals surface area (Å²) in [7, 11) is -3.46. The van der Waals surface area contributed by atoms with Crippen LogP contribution in [0.3, 0.4) is 0 Å². The molecule has 0 aromatic heterocycles. The minimum absolute atomic E-state index is 0.0986. The van der Waals surface area contributed by atoms with Crippen LogP contribution in [-0.2, 0) is 14.8 Å². The average molecular weight is 208 g/mol. The Balaban J connectivity index is 3.49. The van der Waals surface area contributed by atoms with Gasteiger partial charge in [-0.05, 0) is 6.42 Å². The van der Waals surface area contributed by atoms with E-state index < -0.39 is 10.0 Å². The van der Waals surface area contributed by atoms with Gasteiger partial charge in [-0.3, -0.25) is 4.79 Å². The summed E-state index contributed by atoms with van der Waals surface area (Å²) in [4.78, 5) is 10.9. The molecule has 13 heavy (non-hydrogen) atoms. The van der Waals surface area contributed by atoms with Crippen LogP contribution in [0.25, 0.3) is 0 Å². The summed E-state index contributed by atoms with van der Waals surface area (Å²) in [5.41, 5.74) is 0. The van der Waals surface area contributed by atoms with E-state index in [0.717, 1.165) is 12.8 Å². The number of nitrogens with two attached hydrogens (primary N) is 1. The molecule has 0 aliphatic heterocycles. The maximum atomic E-state index is 10.9. The van der Waals surface area contributed by atoms with Gasteiger partial charge in [0.05, 0.1) is 5.75 Å². The first-order valence-corrected chi connectivity index (χ1v) is 5.94. The standard InChI is InChI=1S/C7H16N2O3S/c1-2-3-4-7(10)9-5-6-13(8,11)12/h2-6H2,1H3,(H,9,10)(H2,8,11,12). The van der Waals surface area contributed by atoms with Crippen molar-refractivity contribution in [2.24, 2.45) is 5.14 Å². The topological polar surface area (TPSA) is 89.3 Å². The summed E-state index contributed by atoms with van der Waals surface area (Å²) in [5.74, 6) is -0.323. The van der Waals surface area contributed by atoms with E-state index in [1.807, 2.05) is 6.92 Å². The molecule has 1 amide bonds. The predicted octanol–water partition coefficient (Wildman–Crippen LogP) is -0.419. The first-order chi connectivity index (χ1) is 5.95. The SMILES string of the molecule is CCCCC(=O)NCCS(N)(=O)=O. The molecule has 0 aromatic rings. The Morgan fingerprint density at radius 1 is 1.46 bits per heavy atom. The van der Waals surface area contributed by atoms with Gasteiger partial charge in [0.2, 0.25) is 15.9 Å². The molecular weight excluding hydrogens is 192 g/mol.